The van der Waals surface area contributed by atoms with Crippen LogP contribution in [0.2, 0.25) is 4.34 Å². The topological polar surface area (TPSA) is 58.4 Å². The lowest BCUT2D eigenvalue weighted by molar-refractivity contribution is 0.0940. The van der Waals surface area contributed by atoms with Crippen LogP contribution in [0.5, 0.6) is 0 Å². The molecule has 2 aromatic rings. The summed E-state index contributed by atoms with van der Waals surface area (Å²) >= 11 is 7.37. The van der Waals surface area contributed by atoms with Crippen molar-refractivity contribution in [3.63, 3.8) is 0 Å². The van der Waals surface area contributed by atoms with Gasteiger partial charge in [-0.05, 0) is 37.3 Å². The highest BCUT2D eigenvalue weighted by atomic mass is 35.5. The minimum Gasteiger partial charge on any atom is -0.397 e. The van der Waals surface area contributed by atoms with Crippen molar-refractivity contribution < 1.29 is 4.79 Å². The lowest BCUT2D eigenvalue weighted by atomic mass is 10.1. The highest BCUT2D eigenvalue weighted by molar-refractivity contribution is 7.16. The number of benzene rings is 1. The summed E-state index contributed by atoms with van der Waals surface area (Å²) in [5.74, 6) is -0.149. The normalized spacial score (nSPS) is 12.0. The number of nitrogens with one attached hydrogen (secondary N) is 1. The van der Waals surface area contributed by atoms with Crippen LogP contribution in [-0.4, -0.2) is 20.0 Å². The number of carbonyl (C=O) groups is 1. The third kappa shape index (κ3) is 3.68. The molecule has 0 aliphatic rings. The molecule has 4 nitrogen and oxygen atoms in total. The molecule has 1 aromatic carbocycles. The standard InChI is InChI=1S/C15H18ClN3OS/c1-9(13-6-7-14(16)21-13)18-15(20)10-4-5-12(19(2)3)11(17)8-10/h4-9H,17H2,1-3H3,(H,18,20). The largest absolute Gasteiger partial charge is 0.397 e. The SMILES string of the molecule is CC(NC(=O)c1ccc(N(C)C)c(N)c1)c1ccc(Cl)s1. The molecule has 21 heavy (non-hydrogen) atoms. The first kappa shape index (κ1) is 15.7. The van der Waals surface area contributed by atoms with Crippen LogP contribution in [-0.2, 0) is 0 Å². The highest BCUT2D eigenvalue weighted by Crippen LogP contribution is 2.27. The average Bonchev–Trinajstić information content (AvgIpc) is 2.84. The van der Waals surface area contributed by atoms with Crippen molar-refractivity contribution in [2.45, 2.75) is 13.0 Å². The van der Waals surface area contributed by atoms with Crippen LogP contribution in [0.15, 0.2) is 30.3 Å². The van der Waals surface area contributed by atoms with E-state index in [4.69, 9.17) is 17.3 Å². The van der Waals surface area contributed by atoms with Crippen LogP contribution in [0.3, 0.4) is 0 Å². The Morgan fingerprint density at radius 1 is 1.33 bits per heavy atom. The summed E-state index contributed by atoms with van der Waals surface area (Å²) in [5.41, 5.74) is 7.99. The smallest absolute Gasteiger partial charge is 0.251 e. The van der Waals surface area contributed by atoms with Crippen molar-refractivity contribution >= 4 is 40.2 Å². The van der Waals surface area contributed by atoms with Crippen molar-refractivity contribution in [1.29, 1.82) is 0 Å². The molecule has 1 atom stereocenters. The second-order valence-electron chi connectivity index (χ2n) is 5.01. The van der Waals surface area contributed by atoms with Gasteiger partial charge in [-0.3, -0.25) is 4.79 Å². The Morgan fingerprint density at radius 3 is 2.57 bits per heavy atom. The van der Waals surface area contributed by atoms with Gasteiger partial charge in [0.05, 0.1) is 21.8 Å². The lowest BCUT2D eigenvalue weighted by Crippen LogP contribution is -2.26. The van der Waals surface area contributed by atoms with Crippen LogP contribution >= 0.6 is 22.9 Å². The Balaban J connectivity index is 2.11. The highest BCUT2D eigenvalue weighted by Gasteiger charge is 2.14. The molecular formula is C15H18ClN3OS. The molecule has 0 aliphatic heterocycles. The van der Waals surface area contributed by atoms with E-state index in [1.807, 2.05) is 44.1 Å². The van der Waals surface area contributed by atoms with Gasteiger partial charge >= 0.3 is 0 Å². The third-order valence-corrected chi connectivity index (χ3v) is 4.55. The number of hydrogen-bond donors (Lipinski definition) is 2. The van der Waals surface area contributed by atoms with E-state index in [0.29, 0.717) is 15.6 Å². The van der Waals surface area contributed by atoms with Crippen molar-refractivity contribution in [2.75, 3.05) is 24.7 Å². The van der Waals surface area contributed by atoms with E-state index in [0.717, 1.165) is 10.6 Å². The first-order valence-electron chi connectivity index (χ1n) is 6.51. The summed E-state index contributed by atoms with van der Waals surface area (Å²) in [7, 11) is 3.82. The summed E-state index contributed by atoms with van der Waals surface area (Å²) in [4.78, 5) is 15.2. The zero-order valence-corrected chi connectivity index (χ0v) is 13.8. The monoisotopic (exact) mass is 323 g/mol. The predicted octanol–water partition coefficient (Wildman–Crippen LogP) is 3.54. The Kier molecular flexibility index (Phi) is 4.75. The summed E-state index contributed by atoms with van der Waals surface area (Å²) < 4.78 is 0.714. The second kappa shape index (κ2) is 6.37. The van der Waals surface area contributed by atoms with Gasteiger partial charge in [-0.2, -0.15) is 0 Å². The van der Waals surface area contributed by atoms with Gasteiger partial charge in [0.1, 0.15) is 0 Å². The molecule has 1 heterocycles. The molecule has 0 radical (unpaired) electrons. The lowest BCUT2D eigenvalue weighted by Gasteiger charge is -2.17. The number of anilines is 2. The summed E-state index contributed by atoms with van der Waals surface area (Å²) in [6.07, 6.45) is 0. The number of thiophene rings is 1. The maximum atomic E-state index is 12.3. The number of halogens is 1. The van der Waals surface area contributed by atoms with Crippen LogP contribution < -0.4 is 16.0 Å². The Bertz CT molecular complexity index is 654. The van der Waals surface area contributed by atoms with Crippen LogP contribution in [0.4, 0.5) is 11.4 Å². The van der Waals surface area contributed by atoms with Crippen molar-refractivity contribution in [2.24, 2.45) is 0 Å². The number of nitrogens with zero attached hydrogens (tertiary/aromatic N) is 1. The van der Waals surface area contributed by atoms with Crippen LogP contribution in [0, 0.1) is 0 Å². The molecule has 0 saturated carbocycles. The Hall–Kier alpha value is -1.72. The summed E-state index contributed by atoms with van der Waals surface area (Å²) in [6, 6.07) is 8.96. The molecule has 1 aromatic heterocycles. The molecule has 2 rings (SSSR count). The fraction of sp³-hybridized carbons (Fsp3) is 0.267. The molecule has 1 amide bonds. The van der Waals surface area contributed by atoms with E-state index in [-0.39, 0.29) is 11.9 Å². The molecule has 6 heteroatoms. The molecule has 0 spiro atoms. The van der Waals surface area contributed by atoms with Gasteiger partial charge in [0, 0.05) is 24.5 Å². The fourth-order valence-corrected chi connectivity index (χ4v) is 3.08. The van der Waals surface area contributed by atoms with Gasteiger partial charge in [-0.1, -0.05) is 11.6 Å². The molecule has 3 N–H and O–H groups in total. The number of nitrogen functional groups attached to an aromatic ring is 1. The molecule has 0 fully saturated rings. The van der Waals surface area contributed by atoms with E-state index in [1.54, 1.807) is 12.1 Å². The minimum absolute atomic E-state index is 0.0928. The molecule has 112 valence electrons. The zero-order chi connectivity index (χ0) is 15.6. The van der Waals surface area contributed by atoms with Gasteiger partial charge < -0.3 is 16.0 Å². The third-order valence-electron chi connectivity index (χ3n) is 3.14. The van der Waals surface area contributed by atoms with Crippen LogP contribution in [0.1, 0.15) is 28.2 Å². The van der Waals surface area contributed by atoms with E-state index in [1.165, 1.54) is 11.3 Å². The minimum atomic E-state index is -0.149. The zero-order valence-electron chi connectivity index (χ0n) is 12.2. The molecule has 0 bridgehead atoms. The van der Waals surface area contributed by atoms with Crippen molar-refractivity contribution in [1.82, 2.24) is 5.32 Å². The Labute approximate surface area is 133 Å². The second-order valence-corrected chi connectivity index (χ2v) is 6.75. The molecular weight excluding hydrogens is 306 g/mol. The summed E-state index contributed by atoms with van der Waals surface area (Å²) in [6.45, 7) is 1.93. The van der Waals surface area contributed by atoms with Crippen LogP contribution in [0.25, 0.3) is 0 Å². The van der Waals surface area contributed by atoms with E-state index >= 15 is 0 Å². The van der Waals surface area contributed by atoms with E-state index < -0.39 is 0 Å². The predicted molar refractivity (Wildman–Crippen MR) is 90.4 cm³/mol. The fourth-order valence-electron chi connectivity index (χ4n) is 2.02. The number of amides is 1. The first-order chi connectivity index (χ1) is 9.88. The van der Waals surface area contributed by atoms with Crippen molar-refractivity contribution in [3.8, 4) is 0 Å². The number of hydrogen-bond acceptors (Lipinski definition) is 4. The quantitative estimate of drug-likeness (QED) is 0.846. The number of nitrogens with two attached hydrogens (primary N) is 1. The van der Waals surface area contributed by atoms with Crippen molar-refractivity contribution in [3.05, 3.63) is 45.1 Å². The van der Waals surface area contributed by atoms with Gasteiger partial charge in [0.2, 0.25) is 0 Å². The first-order valence-corrected chi connectivity index (χ1v) is 7.71. The van der Waals surface area contributed by atoms with Gasteiger partial charge in [0.15, 0.2) is 0 Å². The molecule has 1 unspecified atom stereocenters. The maximum absolute atomic E-state index is 12.3. The van der Waals surface area contributed by atoms with E-state index in [9.17, 15) is 4.79 Å². The maximum Gasteiger partial charge on any atom is 0.251 e. The molecule has 0 aliphatic carbocycles. The van der Waals surface area contributed by atoms with Gasteiger partial charge in [-0.15, -0.1) is 11.3 Å². The molecule has 0 saturated heterocycles. The number of carbonyl (C=O) groups excluding carboxylic acids is 1. The Morgan fingerprint density at radius 2 is 2.05 bits per heavy atom. The number of rotatable bonds is 4. The van der Waals surface area contributed by atoms with E-state index in [2.05, 4.69) is 5.32 Å². The van der Waals surface area contributed by atoms with Gasteiger partial charge in [-0.25, -0.2) is 0 Å². The van der Waals surface area contributed by atoms with Gasteiger partial charge in [0.25, 0.3) is 5.91 Å². The summed E-state index contributed by atoms with van der Waals surface area (Å²) in [5, 5.41) is 2.95. The average molecular weight is 324 g/mol.